The lowest BCUT2D eigenvalue weighted by atomic mass is 9.63. The number of anilines is 2. The van der Waals surface area contributed by atoms with E-state index in [4.69, 9.17) is 0 Å². The number of carbonyl (C=O) groups excluding carboxylic acids is 2. The van der Waals surface area contributed by atoms with Crippen LogP contribution >= 0.6 is 0 Å². The molecule has 7 heteroatoms. The summed E-state index contributed by atoms with van der Waals surface area (Å²) in [5.41, 5.74) is 3.73. The van der Waals surface area contributed by atoms with Crippen LogP contribution in [0.15, 0.2) is 88.9 Å². The predicted molar refractivity (Wildman–Crippen MR) is 137 cm³/mol. The molecule has 1 saturated heterocycles. The Kier molecular flexibility index (Phi) is 5.40. The fraction of sp³-hybridized carbons (Fsp3) is 0.214. The number of sulfonamides is 1. The van der Waals surface area contributed by atoms with Gasteiger partial charge in [0.2, 0.25) is 11.8 Å². The summed E-state index contributed by atoms with van der Waals surface area (Å²) in [5, 5.41) is 0. The minimum Gasteiger partial charge on any atom is -0.277 e. The minimum atomic E-state index is -3.95. The SMILES string of the molecule is Cc1ccc(S(=O)(=O)Nc2cc(C)c(C)cc2N2C(=O)CC3=CC=CC4=CC=CCC43C2=O)cc1. The van der Waals surface area contributed by atoms with Gasteiger partial charge in [0.15, 0.2) is 0 Å². The van der Waals surface area contributed by atoms with Gasteiger partial charge < -0.3 is 0 Å². The van der Waals surface area contributed by atoms with E-state index in [2.05, 4.69) is 4.72 Å². The van der Waals surface area contributed by atoms with Crippen molar-refractivity contribution in [1.82, 2.24) is 0 Å². The third kappa shape index (κ3) is 3.67. The van der Waals surface area contributed by atoms with E-state index in [1.165, 1.54) is 17.0 Å². The standard InChI is InChI=1S/C28H26N2O4S/c1-18-10-12-23(13-11-18)35(33,34)29-24-15-19(2)20(3)16-25(24)30-26(31)17-22-9-6-8-21-7-4-5-14-28(21,22)27(30)32/h4-13,15-16,29H,14,17H2,1-3H3. The van der Waals surface area contributed by atoms with Gasteiger partial charge in [-0.15, -0.1) is 0 Å². The number of benzene rings is 2. The van der Waals surface area contributed by atoms with Crippen LogP contribution in [0.2, 0.25) is 0 Å². The summed E-state index contributed by atoms with van der Waals surface area (Å²) in [5.74, 6) is -0.742. The summed E-state index contributed by atoms with van der Waals surface area (Å²) in [6, 6.07) is 9.91. The predicted octanol–water partition coefficient (Wildman–Crippen LogP) is 5.04. The summed E-state index contributed by atoms with van der Waals surface area (Å²) >= 11 is 0. The molecule has 0 radical (unpaired) electrons. The van der Waals surface area contributed by atoms with E-state index >= 15 is 0 Å². The minimum absolute atomic E-state index is 0.0817. The molecule has 2 amide bonds. The van der Waals surface area contributed by atoms with Gasteiger partial charge in [-0.3, -0.25) is 14.3 Å². The first-order chi connectivity index (χ1) is 16.6. The van der Waals surface area contributed by atoms with Crippen molar-refractivity contribution in [2.75, 3.05) is 9.62 Å². The number of piperidine rings is 1. The number of aryl methyl sites for hydroxylation is 3. The smallest absolute Gasteiger partial charge is 0.261 e. The van der Waals surface area contributed by atoms with Crippen LogP contribution in [0.25, 0.3) is 0 Å². The number of imide groups is 1. The first-order valence-corrected chi connectivity index (χ1v) is 12.9. The molecule has 35 heavy (non-hydrogen) atoms. The van der Waals surface area contributed by atoms with Gasteiger partial charge >= 0.3 is 0 Å². The van der Waals surface area contributed by atoms with E-state index in [1.54, 1.807) is 24.3 Å². The monoisotopic (exact) mass is 486 g/mol. The lowest BCUT2D eigenvalue weighted by Crippen LogP contribution is -2.54. The normalized spacial score (nSPS) is 21.3. The van der Waals surface area contributed by atoms with E-state index in [-0.39, 0.29) is 34.5 Å². The summed E-state index contributed by atoms with van der Waals surface area (Å²) in [4.78, 5) is 28.8. The second kappa shape index (κ2) is 8.20. The average molecular weight is 487 g/mol. The number of amides is 2. The molecule has 6 nitrogen and oxygen atoms in total. The quantitative estimate of drug-likeness (QED) is 0.614. The van der Waals surface area contributed by atoms with Gasteiger partial charge in [-0.1, -0.05) is 54.2 Å². The first-order valence-electron chi connectivity index (χ1n) is 11.5. The molecule has 1 heterocycles. The van der Waals surface area contributed by atoms with Crippen molar-refractivity contribution < 1.29 is 18.0 Å². The molecule has 2 aromatic rings. The lowest BCUT2D eigenvalue weighted by Gasteiger charge is -2.45. The van der Waals surface area contributed by atoms with Gasteiger partial charge in [0.1, 0.15) is 5.41 Å². The molecular weight excluding hydrogens is 460 g/mol. The number of allylic oxidation sites excluding steroid dienone is 6. The maximum atomic E-state index is 14.1. The molecule has 0 aromatic heterocycles. The van der Waals surface area contributed by atoms with Gasteiger partial charge in [0.25, 0.3) is 10.0 Å². The van der Waals surface area contributed by atoms with E-state index in [0.717, 1.165) is 27.8 Å². The molecule has 2 aromatic carbocycles. The van der Waals surface area contributed by atoms with Gasteiger partial charge in [-0.25, -0.2) is 13.3 Å². The summed E-state index contributed by atoms with van der Waals surface area (Å²) in [6.45, 7) is 5.61. The Hall–Kier alpha value is -3.71. The second-order valence-electron chi connectivity index (χ2n) is 9.29. The largest absolute Gasteiger partial charge is 0.277 e. The molecule has 2 aliphatic carbocycles. The molecule has 1 unspecified atom stereocenters. The van der Waals surface area contributed by atoms with Gasteiger partial charge in [0.05, 0.1) is 22.7 Å². The second-order valence-corrected chi connectivity index (χ2v) is 11.0. The molecule has 178 valence electrons. The van der Waals surface area contributed by atoms with Crippen molar-refractivity contribution in [3.8, 4) is 0 Å². The van der Waals surface area contributed by atoms with Crippen LogP contribution in [-0.2, 0) is 19.6 Å². The Morgan fingerprint density at radius 1 is 0.943 bits per heavy atom. The first kappa shape index (κ1) is 23.1. The fourth-order valence-corrected chi connectivity index (χ4v) is 6.00. The average Bonchev–Trinajstić information content (AvgIpc) is 2.82. The molecule has 0 bridgehead atoms. The van der Waals surface area contributed by atoms with Crippen LogP contribution in [0.1, 0.15) is 29.5 Å². The fourth-order valence-electron chi connectivity index (χ4n) is 4.94. The van der Waals surface area contributed by atoms with E-state index < -0.39 is 15.4 Å². The number of rotatable bonds is 4. The van der Waals surface area contributed by atoms with Crippen molar-refractivity contribution in [2.45, 2.75) is 38.5 Å². The van der Waals surface area contributed by atoms with Crippen molar-refractivity contribution in [3.63, 3.8) is 0 Å². The molecular formula is C28H26N2O4S. The van der Waals surface area contributed by atoms with Crippen LogP contribution < -0.4 is 9.62 Å². The van der Waals surface area contributed by atoms with Crippen LogP contribution in [0.3, 0.4) is 0 Å². The number of carbonyl (C=O) groups is 2. The van der Waals surface area contributed by atoms with Crippen molar-refractivity contribution >= 4 is 33.2 Å². The summed E-state index contributed by atoms with van der Waals surface area (Å²) in [6.07, 6.45) is 11.9. The highest BCUT2D eigenvalue weighted by molar-refractivity contribution is 7.92. The van der Waals surface area contributed by atoms with E-state index in [1.807, 2.05) is 57.2 Å². The van der Waals surface area contributed by atoms with Crippen LogP contribution in [0, 0.1) is 26.2 Å². The maximum absolute atomic E-state index is 14.1. The lowest BCUT2D eigenvalue weighted by molar-refractivity contribution is -0.132. The zero-order valence-corrected chi connectivity index (χ0v) is 20.6. The number of hydrogen-bond donors (Lipinski definition) is 1. The molecule has 1 N–H and O–H groups in total. The van der Waals surface area contributed by atoms with Crippen molar-refractivity contribution in [1.29, 1.82) is 0 Å². The number of nitrogens with zero attached hydrogens (tertiary/aromatic N) is 1. The van der Waals surface area contributed by atoms with Gasteiger partial charge in [-0.05, 0) is 73.7 Å². The third-order valence-corrected chi connectivity index (χ3v) is 8.42. The van der Waals surface area contributed by atoms with Crippen molar-refractivity contribution in [3.05, 3.63) is 101 Å². The summed E-state index contributed by atoms with van der Waals surface area (Å²) < 4.78 is 29.1. The third-order valence-electron chi connectivity index (χ3n) is 7.04. The number of nitrogens with one attached hydrogen (secondary N) is 1. The van der Waals surface area contributed by atoms with E-state index in [0.29, 0.717) is 6.42 Å². The van der Waals surface area contributed by atoms with E-state index in [9.17, 15) is 18.0 Å². The molecule has 0 saturated carbocycles. The van der Waals surface area contributed by atoms with Gasteiger partial charge in [0, 0.05) is 0 Å². The molecule has 3 aliphatic rings. The Balaban J connectivity index is 1.62. The topological polar surface area (TPSA) is 83.6 Å². The zero-order valence-electron chi connectivity index (χ0n) is 19.8. The van der Waals surface area contributed by atoms with Crippen LogP contribution in [0.4, 0.5) is 11.4 Å². The molecule has 1 spiro atoms. The number of hydrogen-bond acceptors (Lipinski definition) is 4. The molecule has 1 atom stereocenters. The highest BCUT2D eigenvalue weighted by atomic mass is 32.2. The Morgan fingerprint density at radius 3 is 2.40 bits per heavy atom. The maximum Gasteiger partial charge on any atom is 0.261 e. The Morgan fingerprint density at radius 2 is 1.66 bits per heavy atom. The molecule has 5 rings (SSSR count). The molecule has 1 fully saturated rings. The highest BCUT2D eigenvalue weighted by Crippen LogP contribution is 2.51. The van der Waals surface area contributed by atoms with Gasteiger partial charge in [-0.2, -0.15) is 0 Å². The van der Waals surface area contributed by atoms with Crippen LogP contribution in [0.5, 0.6) is 0 Å². The Labute approximate surface area is 205 Å². The molecule has 1 aliphatic heterocycles. The summed E-state index contributed by atoms with van der Waals surface area (Å²) in [7, 11) is -3.95. The zero-order chi connectivity index (χ0) is 25.0. The van der Waals surface area contributed by atoms with Crippen LogP contribution in [-0.4, -0.2) is 20.2 Å². The highest BCUT2D eigenvalue weighted by Gasteiger charge is 2.53. The Bertz CT molecular complexity index is 1490. The van der Waals surface area contributed by atoms with Crippen molar-refractivity contribution in [2.24, 2.45) is 5.41 Å².